The topological polar surface area (TPSA) is 29.5 Å². The molecule has 3 nitrogen and oxygen atoms in total. The first-order valence-electron chi connectivity index (χ1n) is 7.96. The van der Waals surface area contributed by atoms with E-state index in [0.29, 0.717) is 0 Å². The summed E-state index contributed by atoms with van der Waals surface area (Å²) in [7, 11) is 0. The Morgan fingerprint density at radius 1 is 1.10 bits per heavy atom. The maximum absolute atomic E-state index is 13.0. The molecule has 3 rings (SSSR count). The van der Waals surface area contributed by atoms with Crippen molar-refractivity contribution in [2.45, 2.75) is 31.7 Å². The highest BCUT2D eigenvalue weighted by Gasteiger charge is 2.31. The molecule has 0 spiro atoms. The van der Waals surface area contributed by atoms with E-state index in [1.54, 1.807) is 0 Å². The lowest BCUT2D eigenvalue weighted by atomic mass is 9.88. The summed E-state index contributed by atoms with van der Waals surface area (Å²) in [6, 6.07) is 9.62. The van der Waals surface area contributed by atoms with E-state index in [2.05, 4.69) is 11.0 Å². The third-order valence-electron chi connectivity index (χ3n) is 4.39. The second-order valence-corrected chi connectivity index (χ2v) is 5.81. The summed E-state index contributed by atoms with van der Waals surface area (Å²) in [5.74, 6) is 0.241. The summed E-state index contributed by atoms with van der Waals surface area (Å²) in [4.78, 5) is 15.3. The lowest BCUT2D eigenvalue weighted by Crippen LogP contribution is -2.48. The molecule has 1 fully saturated rings. The first kappa shape index (κ1) is 14.5. The first-order chi connectivity index (χ1) is 10.4. The number of nitrogens with zero attached hydrogens (tertiary/aromatic N) is 1. The molecule has 0 aromatic heterocycles. The van der Waals surface area contributed by atoms with Crippen molar-refractivity contribution in [2.24, 2.45) is 0 Å². The lowest BCUT2D eigenvalue weighted by Gasteiger charge is -2.36. The van der Waals surface area contributed by atoms with Gasteiger partial charge in [-0.3, -0.25) is 9.69 Å². The molecule has 1 saturated heterocycles. The van der Waals surface area contributed by atoms with Crippen LogP contribution in [0.5, 0.6) is 0 Å². The third-order valence-corrected chi connectivity index (χ3v) is 4.39. The van der Waals surface area contributed by atoms with Crippen LogP contribution in [0.25, 0.3) is 0 Å². The van der Waals surface area contributed by atoms with Gasteiger partial charge in [-0.15, -0.1) is 0 Å². The number of ketones is 1. The second-order valence-electron chi connectivity index (χ2n) is 5.81. The molecule has 1 unspecified atom stereocenters. The highest BCUT2D eigenvalue weighted by atomic mass is 16.5. The monoisotopic (exact) mass is 285 g/mol. The van der Waals surface area contributed by atoms with Crippen LogP contribution in [0.1, 0.15) is 36.0 Å². The maximum atomic E-state index is 13.0. The molecule has 0 amide bonds. The quantitative estimate of drug-likeness (QED) is 0.629. The van der Waals surface area contributed by atoms with E-state index in [0.717, 1.165) is 44.7 Å². The Labute approximate surface area is 126 Å². The van der Waals surface area contributed by atoms with Gasteiger partial charge < -0.3 is 4.74 Å². The van der Waals surface area contributed by atoms with Crippen molar-refractivity contribution in [3.8, 4) is 0 Å². The fourth-order valence-electron chi connectivity index (χ4n) is 3.28. The van der Waals surface area contributed by atoms with Crippen LogP contribution in [0.15, 0.2) is 42.0 Å². The number of hydrogen-bond acceptors (Lipinski definition) is 3. The van der Waals surface area contributed by atoms with Crippen LogP contribution in [0.3, 0.4) is 0 Å². The average Bonchev–Trinajstić information content (AvgIpc) is 2.58. The number of hydrogen-bond donors (Lipinski definition) is 0. The van der Waals surface area contributed by atoms with Crippen molar-refractivity contribution in [1.29, 1.82) is 0 Å². The van der Waals surface area contributed by atoms with Crippen LogP contribution in [0, 0.1) is 0 Å². The normalized spacial score (nSPS) is 21.6. The van der Waals surface area contributed by atoms with Crippen molar-refractivity contribution in [3.05, 3.63) is 47.5 Å². The maximum Gasteiger partial charge on any atom is 0.184 e. The number of carbonyl (C=O) groups excluding carboxylic acids is 1. The predicted molar refractivity (Wildman–Crippen MR) is 83.5 cm³/mol. The van der Waals surface area contributed by atoms with E-state index in [9.17, 15) is 4.79 Å². The molecule has 3 heteroatoms. The van der Waals surface area contributed by atoms with Gasteiger partial charge in [0.05, 0.1) is 19.3 Å². The van der Waals surface area contributed by atoms with Crippen LogP contribution < -0.4 is 0 Å². The van der Waals surface area contributed by atoms with Crippen LogP contribution in [-0.2, 0) is 4.74 Å². The molecule has 0 radical (unpaired) electrons. The standard InChI is InChI=1S/C18H23NO2/c20-18(16-9-5-2-6-10-16)17(15-7-3-1-4-8-15)19-11-13-21-14-12-19/h2,5-7,9-10,17H,1,3-4,8,11-14H2. The van der Waals surface area contributed by atoms with E-state index < -0.39 is 0 Å². The van der Waals surface area contributed by atoms with Crippen molar-refractivity contribution in [3.63, 3.8) is 0 Å². The number of carbonyl (C=O) groups is 1. The summed E-state index contributed by atoms with van der Waals surface area (Å²) in [6.45, 7) is 3.15. The molecule has 21 heavy (non-hydrogen) atoms. The fraction of sp³-hybridized carbons (Fsp3) is 0.500. The average molecular weight is 285 g/mol. The Kier molecular flexibility index (Phi) is 4.84. The molecule has 0 N–H and O–H groups in total. The molecular formula is C18H23NO2. The number of morpholine rings is 1. The smallest absolute Gasteiger partial charge is 0.184 e. The zero-order chi connectivity index (χ0) is 14.5. The molecule has 1 aromatic rings. The van der Waals surface area contributed by atoms with Gasteiger partial charge in [0.2, 0.25) is 0 Å². The largest absolute Gasteiger partial charge is 0.379 e. The van der Waals surface area contributed by atoms with Crippen LogP contribution in [-0.4, -0.2) is 43.0 Å². The predicted octanol–water partition coefficient (Wildman–Crippen LogP) is 3.07. The first-order valence-corrected chi connectivity index (χ1v) is 7.96. The molecule has 1 heterocycles. The minimum atomic E-state index is -0.0865. The third kappa shape index (κ3) is 3.42. The molecule has 1 atom stereocenters. The molecule has 1 aromatic carbocycles. The van der Waals surface area contributed by atoms with Gasteiger partial charge in [-0.1, -0.05) is 36.4 Å². The zero-order valence-corrected chi connectivity index (χ0v) is 12.5. The van der Waals surface area contributed by atoms with Crippen molar-refractivity contribution < 1.29 is 9.53 Å². The molecule has 1 aliphatic carbocycles. The lowest BCUT2D eigenvalue weighted by molar-refractivity contribution is 0.0230. The fourth-order valence-corrected chi connectivity index (χ4v) is 3.28. The number of Topliss-reactive ketones (excluding diaryl/α,β-unsaturated/α-hetero) is 1. The highest BCUT2D eigenvalue weighted by molar-refractivity contribution is 6.02. The van der Waals surface area contributed by atoms with Crippen LogP contribution in [0.4, 0.5) is 0 Å². The number of rotatable bonds is 4. The van der Waals surface area contributed by atoms with Gasteiger partial charge in [-0.05, 0) is 31.3 Å². The summed E-state index contributed by atoms with van der Waals surface area (Å²) in [5.41, 5.74) is 2.14. The molecule has 0 saturated carbocycles. The molecule has 1 aliphatic heterocycles. The van der Waals surface area contributed by atoms with Crippen LogP contribution >= 0.6 is 0 Å². The summed E-state index contributed by atoms with van der Waals surface area (Å²) in [5, 5.41) is 0. The van der Waals surface area contributed by atoms with Gasteiger partial charge in [-0.2, -0.15) is 0 Å². The Bertz CT molecular complexity index is 503. The SMILES string of the molecule is O=C(c1ccccc1)C(C1=CCCCC1)N1CCOCC1. The summed E-state index contributed by atoms with van der Waals surface area (Å²) >= 11 is 0. The summed E-state index contributed by atoms with van der Waals surface area (Å²) in [6.07, 6.45) is 6.91. The van der Waals surface area contributed by atoms with Crippen molar-refractivity contribution in [2.75, 3.05) is 26.3 Å². The summed E-state index contributed by atoms with van der Waals surface area (Å²) < 4.78 is 5.45. The molecular weight excluding hydrogens is 262 g/mol. The number of benzene rings is 1. The Morgan fingerprint density at radius 2 is 1.86 bits per heavy atom. The van der Waals surface area contributed by atoms with Gasteiger partial charge in [0, 0.05) is 18.7 Å². The van der Waals surface area contributed by atoms with Gasteiger partial charge in [0.15, 0.2) is 5.78 Å². The van der Waals surface area contributed by atoms with Crippen LogP contribution in [0.2, 0.25) is 0 Å². The molecule has 0 bridgehead atoms. The molecule has 112 valence electrons. The van der Waals surface area contributed by atoms with Gasteiger partial charge in [0.25, 0.3) is 0 Å². The van der Waals surface area contributed by atoms with E-state index in [1.807, 2.05) is 30.3 Å². The van der Waals surface area contributed by atoms with Gasteiger partial charge in [-0.25, -0.2) is 0 Å². The van der Waals surface area contributed by atoms with E-state index in [-0.39, 0.29) is 11.8 Å². The van der Waals surface area contributed by atoms with Crippen molar-refractivity contribution in [1.82, 2.24) is 4.90 Å². The zero-order valence-electron chi connectivity index (χ0n) is 12.5. The molecule has 2 aliphatic rings. The minimum absolute atomic E-state index is 0.0865. The van der Waals surface area contributed by atoms with Gasteiger partial charge in [0.1, 0.15) is 0 Å². The number of allylic oxidation sites excluding steroid dienone is 1. The Hall–Kier alpha value is -1.45. The van der Waals surface area contributed by atoms with E-state index >= 15 is 0 Å². The van der Waals surface area contributed by atoms with Crippen molar-refractivity contribution >= 4 is 5.78 Å². The highest BCUT2D eigenvalue weighted by Crippen LogP contribution is 2.26. The minimum Gasteiger partial charge on any atom is -0.379 e. The Balaban J connectivity index is 1.87. The second kappa shape index (κ2) is 7.01. The number of ether oxygens (including phenoxy) is 1. The van der Waals surface area contributed by atoms with E-state index in [4.69, 9.17) is 4.74 Å². The van der Waals surface area contributed by atoms with Gasteiger partial charge >= 0.3 is 0 Å². The Morgan fingerprint density at radius 3 is 2.52 bits per heavy atom. The van der Waals surface area contributed by atoms with E-state index in [1.165, 1.54) is 18.4 Å².